The van der Waals surface area contributed by atoms with E-state index < -0.39 is 10.0 Å². The summed E-state index contributed by atoms with van der Waals surface area (Å²) >= 11 is 0.784. The molecular weight excluding hydrogens is 342 g/mol. The predicted octanol–water partition coefficient (Wildman–Crippen LogP) is 0.671. The zero-order valence-corrected chi connectivity index (χ0v) is 14.4. The van der Waals surface area contributed by atoms with Gasteiger partial charge in [-0.3, -0.25) is 9.69 Å². The predicted molar refractivity (Wildman–Crippen MR) is 84.5 cm³/mol. The van der Waals surface area contributed by atoms with Gasteiger partial charge in [-0.2, -0.15) is 0 Å². The van der Waals surface area contributed by atoms with Crippen LogP contribution in [0, 0.1) is 0 Å². The van der Waals surface area contributed by atoms with Gasteiger partial charge in [-0.15, -0.1) is 10.2 Å². The number of aromatic nitrogens is 2. The third-order valence-electron chi connectivity index (χ3n) is 2.88. The molecule has 0 fully saturated rings. The van der Waals surface area contributed by atoms with E-state index in [0.29, 0.717) is 5.76 Å². The van der Waals surface area contributed by atoms with Crippen LogP contribution in [-0.4, -0.2) is 50.1 Å². The van der Waals surface area contributed by atoms with Crippen LogP contribution in [0.2, 0.25) is 0 Å². The highest BCUT2D eigenvalue weighted by atomic mass is 32.2. The lowest BCUT2D eigenvalue weighted by Gasteiger charge is -2.22. The molecule has 1 amide bonds. The molecule has 126 valence electrons. The number of sulfonamides is 1. The van der Waals surface area contributed by atoms with Gasteiger partial charge in [-0.1, -0.05) is 11.3 Å². The quantitative estimate of drug-likeness (QED) is 0.698. The van der Waals surface area contributed by atoms with Crippen LogP contribution >= 0.6 is 11.3 Å². The van der Waals surface area contributed by atoms with Gasteiger partial charge in [0.1, 0.15) is 5.76 Å². The molecule has 0 saturated heterocycles. The molecule has 1 atom stereocenters. The van der Waals surface area contributed by atoms with Crippen LogP contribution in [0.5, 0.6) is 0 Å². The average molecular weight is 359 g/mol. The summed E-state index contributed by atoms with van der Waals surface area (Å²) in [6.45, 7) is 1.41. The Morgan fingerprint density at radius 1 is 1.43 bits per heavy atom. The van der Waals surface area contributed by atoms with Crippen LogP contribution in [0.4, 0.5) is 5.13 Å². The average Bonchev–Trinajstić information content (AvgIpc) is 3.09. The van der Waals surface area contributed by atoms with Crippen LogP contribution in [0.25, 0.3) is 0 Å². The molecule has 2 aromatic rings. The van der Waals surface area contributed by atoms with Gasteiger partial charge in [-0.05, 0) is 26.2 Å². The zero-order valence-electron chi connectivity index (χ0n) is 12.8. The molecule has 23 heavy (non-hydrogen) atoms. The normalized spacial score (nSPS) is 13.2. The van der Waals surface area contributed by atoms with Crippen molar-refractivity contribution in [2.45, 2.75) is 17.3 Å². The number of likely N-dealkylation sites (N-methyl/N-ethyl adjacent to an activating group) is 1. The van der Waals surface area contributed by atoms with Crippen molar-refractivity contribution in [1.82, 2.24) is 19.8 Å². The Morgan fingerprint density at radius 3 is 2.74 bits per heavy atom. The van der Waals surface area contributed by atoms with E-state index in [9.17, 15) is 13.2 Å². The van der Waals surface area contributed by atoms with Crippen LogP contribution < -0.4 is 10.0 Å². The second-order valence-corrected chi connectivity index (χ2v) is 7.82. The van der Waals surface area contributed by atoms with Crippen molar-refractivity contribution in [3.05, 3.63) is 24.2 Å². The van der Waals surface area contributed by atoms with Crippen molar-refractivity contribution in [3.8, 4) is 0 Å². The van der Waals surface area contributed by atoms with Gasteiger partial charge < -0.3 is 9.73 Å². The van der Waals surface area contributed by atoms with Gasteiger partial charge in [0, 0.05) is 13.5 Å². The molecule has 0 aliphatic heterocycles. The summed E-state index contributed by atoms with van der Waals surface area (Å²) in [6.07, 6.45) is 1.53. The maximum Gasteiger partial charge on any atom is 0.269 e. The molecule has 2 aromatic heterocycles. The molecule has 1 unspecified atom stereocenters. The maximum atomic E-state index is 12.3. The SMILES string of the molecule is CC(=O)Nc1nnc(S(=O)(=O)NCC(c2ccco2)N(C)C)s1. The van der Waals surface area contributed by atoms with Gasteiger partial charge in [-0.25, -0.2) is 13.1 Å². The summed E-state index contributed by atoms with van der Waals surface area (Å²) < 4.78 is 32.1. The van der Waals surface area contributed by atoms with Gasteiger partial charge in [0.15, 0.2) is 0 Å². The minimum atomic E-state index is -3.82. The summed E-state index contributed by atoms with van der Waals surface area (Å²) in [5, 5.41) is 9.74. The van der Waals surface area contributed by atoms with Crippen LogP contribution in [0.15, 0.2) is 27.2 Å². The van der Waals surface area contributed by atoms with E-state index in [1.54, 1.807) is 12.1 Å². The third kappa shape index (κ3) is 4.58. The Bertz CT molecular complexity index is 754. The fraction of sp³-hybridized carbons (Fsp3) is 0.417. The summed E-state index contributed by atoms with van der Waals surface area (Å²) in [7, 11) is -0.178. The summed E-state index contributed by atoms with van der Waals surface area (Å²) in [5.74, 6) is 0.303. The molecule has 0 spiro atoms. The third-order valence-corrected chi connectivity index (χ3v) is 5.51. The van der Waals surface area contributed by atoms with Crippen molar-refractivity contribution >= 4 is 32.4 Å². The molecule has 9 nitrogen and oxygen atoms in total. The standard InChI is InChI=1S/C12H17N5O4S2/c1-8(18)14-11-15-16-12(22-11)23(19,20)13-7-9(17(2)3)10-5-4-6-21-10/h4-6,9,13H,7H2,1-3H3,(H,14,15,18). The smallest absolute Gasteiger partial charge is 0.269 e. The fourth-order valence-corrected chi connectivity index (χ4v) is 3.81. The lowest BCUT2D eigenvalue weighted by Crippen LogP contribution is -2.34. The molecule has 2 rings (SSSR count). The first kappa shape index (κ1) is 17.5. The Balaban J connectivity index is 2.08. The Kier molecular flexibility index (Phi) is 5.46. The van der Waals surface area contributed by atoms with E-state index in [-0.39, 0.29) is 28.0 Å². The molecular formula is C12H17N5O4S2. The second-order valence-electron chi connectivity index (χ2n) is 4.90. The first-order chi connectivity index (χ1) is 10.8. The minimum absolute atomic E-state index is 0.109. The summed E-state index contributed by atoms with van der Waals surface area (Å²) in [4.78, 5) is 12.8. The number of amides is 1. The van der Waals surface area contributed by atoms with Gasteiger partial charge in [0.2, 0.25) is 15.4 Å². The van der Waals surface area contributed by atoms with E-state index in [1.807, 2.05) is 19.0 Å². The number of nitrogens with zero attached hydrogens (tertiary/aromatic N) is 3. The fourth-order valence-electron chi connectivity index (χ4n) is 1.79. The number of carbonyl (C=O) groups is 1. The van der Waals surface area contributed by atoms with Crippen molar-refractivity contribution in [2.75, 3.05) is 26.0 Å². The molecule has 0 aliphatic carbocycles. The lowest BCUT2D eigenvalue weighted by molar-refractivity contribution is -0.114. The van der Waals surface area contributed by atoms with Crippen molar-refractivity contribution in [1.29, 1.82) is 0 Å². The van der Waals surface area contributed by atoms with Crippen LogP contribution in [0.1, 0.15) is 18.7 Å². The largest absolute Gasteiger partial charge is 0.468 e. The van der Waals surface area contributed by atoms with Crippen LogP contribution in [-0.2, 0) is 14.8 Å². The topological polar surface area (TPSA) is 117 Å². The number of anilines is 1. The molecule has 0 aliphatic rings. The molecule has 0 radical (unpaired) electrons. The van der Waals surface area contributed by atoms with E-state index in [1.165, 1.54) is 13.2 Å². The summed E-state index contributed by atoms with van der Waals surface area (Å²) in [6, 6.07) is 3.26. The Hall–Kier alpha value is -1.82. The van der Waals surface area contributed by atoms with Gasteiger partial charge in [0.25, 0.3) is 10.0 Å². The molecule has 2 N–H and O–H groups in total. The minimum Gasteiger partial charge on any atom is -0.468 e. The molecule has 11 heteroatoms. The van der Waals surface area contributed by atoms with Crippen molar-refractivity contribution in [2.24, 2.45) is 0 Å². The highest BCUT2D eigenvalue weighted by molar-refractivity contribution is 7.91. The molecule has 0 bridgehead atoms. The van der Waals surface area contributed by atoms with Crippen molar-refractivity contribution in [3.63, 3.8) is 0 Å². The Labute approximate surface area is 137 Å². The molecule has 2 heterocycles. The van der Waals surface area contributed by atoms with Gasteiger partial charge >= 0.3 is 0 Å². The van der Waals surface area contributed by atoms with E-state index in [2.05, 4.69) is 20.2 Å². The number of furan rings is 1. The lowest BCUT2D eigenvalue weighted by atomic mass is 10.2. The van der Waals surface area contributed by atoms with E-state index in [0.717, 1.165) is 11.3 Å². The number of hydrogen-bond donors (Lipinski definition) is 2. The first-order valence-electron chi connectivity index (χ1n) is 6.60. The number of rotatable bonds is 7. The second kappa shape index (κ2) is 7.17. The van der Waals surface area contributed by atoms with Crippen LogP contribution in [0.3, 0.4) is 0 Å². The van der Waals surface area contributed by atoms with Gasteiger partial charge in [0.05, 0.1) is 12.3 Å². The number of carbonyl (C=O) groups excluding carboxylic acids is 1. The van der Waals surface area contributed by atoms with Crippen molar-refractivity contribution < 1.29 is 17.6 Å². The van der Waals surface area contributed by atoms with E-state index in [4.69, 9.17) is 4.42 Å². The molecule has 0 saturated carbocycles. The number of nitrogens with one attached hydrogen (secondary N) is 2. The maximum absolute atomic E-state index is 12.3. The first-order valence-corrected chi connectivity index (χ1v) is 8.90. The summed E-state index contributed by atoms with van der Waals surface area (Å²) in [5.41, 5.74) is 0. The highest BCUT2D eigenvalue weighted by Gasteiger charge is 2.24. The molecule has 0 aromatic carbocycles. The Morgan fingerprint density at radius 2 is 2.17 bits per heavy atom. The van der Waals surface area contributed by atoms with E-state index >= 15 is 0 Å². The monoisotopic (exact) mass is 359 g/mol. The number of hydrogen-bond acceptors (Lipinski definition) is 8. The highest BCUT2D eigenvalue weighted by Crippen LogP contribution is 2.22. The zero-order chi connectivity index (χ0) is 17.0.